The predicted octanol–water partition coefficient (Wildman–Crippen LogP) is 6.87. The third kappa shape index (κ3) is 11.9. The van der Waals surface area contributed by atoms with E-state index in [4.69, 9.17) is 0 Å². The van der Waals surface area contributed by atoms with Gasteiger partial charge in [0.05, 0.1) is 0 Å². The van der Waals surface area contributed by atoms with Gasteiger partial charge in [0, 0.05) is 19.5 Å². The highest BCUT2D eigenvalue weighted by Crippen LogP contribution is 2.15. The molecule has 0 saturated carbocycles. The van der Waals surface area contributed by atoms with Crippen molar-refractivity contribution in [1.29, 1.82) is 0 Å². The lowest BCUT2D eigenvalue weighted by atomic mass is 10.0. The molecule has 0 aromatic rings. The summed E-state index contributed by atoms with van der Waals surface area (Å²) in [5.41, 5.74) is 0. The van der Waals surface area contributed by atoms with Gasteiger partial charge < -0.3 is 4.90 Å². The van der Waals surface area contributed by atoms with Crippen LogP contribution in [0.25, 0.3) is 0 Å². The first kappa shape index (κ1) is 21.5. The summed E-state index contributed by atoms with van der Waals surface area (Å²) in [6.45, 7) is 4.30. The van der Waals surface area contributed by atoms with Crippen LogP contribution < -0.4 is 0 Å². The van der Waals surface area contributed by atoms with Crippen molar-refractivity contribution in [2.45, 2.75) is 122 Å². The van der Waals surface area contributed by atoms with E-state index in [-0.39, 0.29) is 0 Å². The molecule has 0 radical (unpaired) electrons. The van der Waals surface area contributed by atoms with Crippen LogP contribution in [0, 0.1) is 0 Å². The molecule has 0 aliphatic carbocycles. The Morgan fingerprint density at radius 3 is 1.50 bits per heavy atom. The van der Waals surface area contributed by atoms with E-state index in [1.54, 1.807) is 0 Å². The maximum atomic E-state index is 12.2. The van der Waals surface area contributed by atoms with Crippen molar-refractivity contribution in [3.05, 3.63) is 0 Å². The van der Waals surface area contributed by atoms with Gasteiger partial charge in [-0.1, -0.05) is 96.8 Å². The van der Waals surface area contributed by atoms with Crippen LogP contribution in [0.2, 0.25) is 0 Å². The standard InChI is InChI=1S/C22H43NO/c1-2-3-4-5-6-7-8-9-10-11-12-13-16-19-22(24)23-20-17-14-15-18-21-23/h2-21H2,1H3. The maximum Gasteiger partial charge on any atom is 0.222 e. The molecule has 1 aliphatic heterocycles. The Labute approximate surface area is 151 Å². The molecule has 0 spiro atoms. The second kappa shape index (κ2) is 16.0. The molecule has 142 valence electrons. The smallest absolute Gasteiger partial charge is 0.222 e. The Hall–Kier alpha value is -0.530. The molecule has 1 saturated heterocycles. The minimum atomic E-state index is 0.417. The van der Waals surface area contributed by atoms with Gasteiger partial charge in [0.25, 0.3) is 0 Å². The number of nitrogens with zero attached hydrogens (tertiary/aromatic N) is 1. The second-order valence-electron chi connectivity index (χ2n) is 7.79. The van der Waals surface area contributed by atoms with Gasteiger partial charge in [0.1, 0.15) is 0 Å². The number of amides is 1. The van der Waals surface area contributed by atoms with E-state index in [9.17, 15) is 4.79 Å². The fraction of sp³-hybridized carbons (Fsp3) is 0.955. The molecule has 1 aliphatic rings. The van der Waals surface area contributed by atoms with Gasteiger partial charge in [0.2, 0.25) is 5.91 Å². The van der Waals surface area contributed by atoms with Crippen molar-refractivity contribution in [2.75, 3.05) is 13.1 Å². The molecule has 1 amide bonds. The van der Waals surface area contributed by atoms with Gasteiger partial charge in [-0.15, -0.1) is 0 Å². The van der Waals surface area contributed by atoms with Crippen LogP contribution in [-0.4, -0.2) is 23.9 Å². The van der Waals surface area contributed by atoms with Crippen molar-refractivity contribution in [1.82, 2.24) is 4.90 Å². The van der Waals surface area contributed by atoms with Crippen molar-refractivity contribution in [3.8, 4) is 0 Å². The van der Waals surface area contributed by atoms with E-state index in [0.29, 0.717) is 5.91 Å². The van der Waals surface area contributed by atoms with Gasteiger partial charge >= 0.3 is 0 Å². The fourth-order valence-corrected chi connectivity index (χ4v) is 3.77. The van der Waals surface area contributed by atoms with E-state index >= 15 is 0 Å². The topological polar surface area (TPSA) is 20.3 Å². The van der Waals surface area contributed by atoms with Gasteiger partial charge in [-0.05, 0) is 19.3 Å². The van der Waals surface area contributed by atoms with Crippen LogP contribution in [-0.2, 0) is 4.79 Å². The molecule has 0 aromatic carbocycles. The molecular weight excluding hydrogens is 294 g/mol. The number of unbranched alkanes of at least 4 members (excludes halogenated alkanes) is 12. The monoisotopic (exact) mass is 337 g/mol. The average Bonchev–Trinajstić information content (AvgIpc) is 2.88. The summed E-state index contributed by atoms with van der Waals surface area (Å²) in [5.74, 6) is 0.417. The largest absolute Gasteiger partial charge is 0.343 e. The molecule has 2 heteroatoms. The van der Waals surface area contributed by atoms with E-state index in [1.807, 2.05) is 0 Å². The summed E-state index contributed by atoms with van der Waals surface area (Å²) in [4.78, 5) is 14.3. The molecule has 24 heavy (non-hydrogen) atoms. The maximum absolute atomic E-state index is 12.2. The minimum Gasteiger partial charge on any atom is -0.343 e. The third-order valence-corrected chi connectivity index (χ3v) is 5.45. The van der Waals surface area contributed by atoms with Crippen molar-refractivity contribution < 1.29 is 4.79 Å². The number of carbonyl (C=O) groups is 1. The molecule has 0 aromatic heterocycles. The summed E-state index contributed by atoms with van der Waals surface area (Å²) >= 11 is 0. The summed E-state index contributed by atoms with van der Waals surface area (Å²) < 4.78 is 0. The van der Waals surface area contributed by atoms with Crippen LogP contribution in [0.5, 0.6) is 0 Å². The van der Waals surface area contributed by atoms with Gasteiger partial charge in [-0.3, -0.25) is 4.79 Å². The lowest BCUT2D eigenvalue weighted by molar-refractivity contribution is -0.131. The number of hydrogen-bond donors (Lipinski definition) is 0. The first-order valence-electron chi connectivity index (χ1n) is 11.1. The van der Waals surface area contributed by atoms with Crippen LogP contribution in [0.3, 0.4) is 0 Å². The van der Waals surface area contributed by atoms with E-state index in [0.717, 1.165) is 25.9 Å². The highest BCUT2D eigenvalue weighted by molar-refractivity contribution is 5.76. The number of likely N-dealkylation sites (tertiary alicyclic amines) is 1. The molecule has 0 unspecified atom stereocenters. The van der Waals surface area contributed by atoms with Gasteiger partial charge in [0.15, 0.2) is 0 Å². The number of carbonyl (C=O) groups excluding carboxylic acids is 1. The van der Waals surface area contributed by atoms with Crippen LogP contribution in [0.1, 0.15) is 122 Å². The normalized spacial score (nSPS) is 15.5. The Balaban J connectivity index is 1.80. The van der Waals surface area contributed by atoms with Gasteiger partial charge in [-0.25, -0.2) is 0 Å². The first-order valence-corrected chi connectivity index (χ1v) is 11.1. The lowest BCUT2D eigenvalue weighted by Gasteiger charge is -2.20. The Bertz CT molecular complexity index is 282. The summed E-state index contributed by atoms with van der Waals surface area (Å²) in [6, 6.07) is 0. The van der Waals surface area contributed by atoms with E-state index in [1.165, 1.54) is 103 Å². The SMILES string of the molecule is CCCCCCCCCCCCCCCC(=O)N1CCCCCC1. The average molecular weight is 338 g/mol. The molecule has 0 bridgehead atoms. The predicted molar refractivity (Wildman–Crippen MR) is 105 cm³/mol. The highest BCUT2D eigenvalue weighted by Gasteiger charge is 2.14. The second-order valence-corrected chi connectivity index (χ2v) is 7.79. The Morgan fingerprint density at radius 2 is 1.04 bits per heavy atom. The minimum absolute atomic E-state index is 0.417. The van der Waals surface area contributed by atoms with Crippen LogP contribution >= 0.6 is 0 Å². The van der Waals surface area contributed by atoms with Crippen molar-refractivity contribution >= 4 is 5.91 Å². The fourth-order valence-electron chi connectivity index (χ4n) is 3.77. The quantitative estimate of drug-likeness (QED) is 0.317. The lowest BCUT2D eigenvalue weighted by Crippen LogP contribution is -2.31. The number of hydrogen-bond acceptors (Lipinski definition) is 1. The zero-order valence-electron chi connectivity index (χ0n) is 16.5. The van der Waals surface area contributed by atoms with Crippen molar-refractivity contribution in [2.24, 2.45) is 0 Å². The van der Waals surface area contributed by atoms with E-state index < -0.39 is 0 Å². The van der Waals surface area contributed by atoms with Crippen molar-refractivity contribution in [3.63, 3.8) is 0 Å². The molecule has 1 rings (SSSR count). The molecule has 1 heterocycles. The first-order chi connectivity index (χ1) is 11.8. The molecule has 2 nitrogen and oxygen atoms in total. The van der Waals surface area contributed by atoms with Crippen LogP contribution in [0.4, 0.5) is 0 Å². The van der Waals surface area contributed by atoms with E-state index in [2.05, 4.69) is 11.8 Å². The third-order valence-electron chi connectivity index (χ3n) is 5.45. The zero-order valence-corrected chi connectivity index (χ0v) is 16.5. The van der Waals surface area contributed by atoms with Crippen LogP contribution in [0.15, 0.2) is 0 Å². The zero-order chi connectivity index (χ0) is 17.3. The summed E-state index contributed by atoms with van der Waals surface area (Å²) in [5, 5.41) is 0. The summed E-state index contributed by atoms with van der Waals surface area (Å²) in [7, 11) is 0. The summed E-state index contributed by atoms with van der Waals surface area (Å²) in [6.07, 6.45) is 23.6. The van der Waals surface area contributed by atoms with Gasteiger partial charge in [-0.2, -0.15) is 0 Å². The molecule has 0 N–H and O–H groups in total. The number of rotatable bonds is 14. The molecular formula is C22H43NO. The molecule has 0 atom stereocenters. The Kier molecular flexibility index (Phi) is 14.3. The highest BCUT2D eigenvalue weighted by atomic mass is 16.2. The Morgan fingerprint density at radius 1 is 0.625 bits per heavy atom. The molecule has 1 fully saturated rings.